The zero-order chi connectivity index (χ0) is 25.9. The van der Waals surface area contributed by atoms with E-state index in [0.29, 0.717) is 48.6 Å². The highest BCUT2D eigenvalue weighted by Crippen LogP contribution is 2.53. The number of fused-ring (bicyclic) bond motifs is 2. The van der Waals surface area contributed by atoms with Gasteiger partial charge in [0.15, 0.2) is 5.69 Å². The summed E-state index contributed by atoms with van der Waals surface area (Å²) in [5.41, 5.74) is 6.22. The summed E-state index contributed by atoms with van der Waals surface area (Å²) in [5.74, 6) is -0.246. The van der Waals surface area contributed by atoms with Crippen molar-refractivity contribution in [2.24, 2.45) is 17.6 Å². The zero-order valence-electron chi connectivity index (χ0n) is 19.6. The van der Waals surface area contributed by atoms with Crippen LogP contribution in [0.3, 0.4) is 0 Å². The lowest BCUT2D eigenvalue weighted by Gasteiger charge is -2.27. The van der Waals surface area contributed by atoms with Crippen molar-refractivity contribution in [1.29, 1.82) is 0 Å². The Bertz CT molecular complexity index is 1390. The molecule has 2 aliphatic carbocycles. The van der Waals surface area contributed by atoms with Gasteiger partial charge in [0.2, 0.25) is 11.8 Å². The SMILES string of the molecule is NC(=O)c1nn(CC(=O)N2[C@@H]3C[C@@H]3C[C@H]2C(=O)NC[C@H]2CC2(Cl)Cl)c2ccc(OCc3nccs3)cc12. The van der Waals surface area contributed by atoms with Crippen molar-refractivity contribution in [3.05, 3.63) is 40.5 Å². The van der Waals surface area contributed by atoms with Crippen molar-refractivity contribution in [3.63, 3.8) is 0 Å². The molecular formula is C24H24Cl2N6O4S. The summed E-state index contributed by atoms with van der Waals surface area (Å²) >= 11 is 13.6. The number of rotatable bonds is 9. The van der Waals surface area contributed by atoms with Crippen LogP contribution >= 0.6 is 34.5 Å². The second-order valence-electron chi connectivity index (χ2n) is 9.79. The fraction of sp³-hybridized carbons (Fsp3) is 0.458. The van der Waals surface area contributed by atoms with Gasteiger partial charge in [-0.05, 0) is 43.4 Å². The van der Waals surface area contributed by atoms with Gasteiger partial charge >= 0.3 is 0 Å². The van der Waals surface area contributed by atoms with Crippen LogP contribution in [0.4, 0.5) is 0 Å². The fourth-order valence-electron chi connectivity index (χ4n) is 5.11. The van der Waals surface area contributed by atoms with E-state index in [-0.39, 0.29) is 36.0 Å². The van der Waals surface area contributed by atoms with Gasteiger partial charge in [0, 0.05) is 35.5 Å². The normalized spacial score (nSPS) is 25.1. The Labute approximate surface area is 226 Å². The third-order valence-electron chi connectivity index (χ3n) is 7.26. The van der Waals surface area contributed by atoms with Gasteiger partial charge in [-0.15, -0.1) is 34.5 Å². The number of piperidine rings is 1. The number of primary amides is 1. The number of likely N-dealkylation sites (tertiary alicyclic amines) is 1. The Morgan fingerprint density at radius 2 is 2.08 bits per heavy atom. The molecule has 6 rings (SSSR count). The first kappa shape index (κ1) is 24.4. The van der Waals surface area contributed by atoms with Crippen LogP contribution in [0.25, 0.3) is 10.9 Å². The largest absolute Gasteiger partial charge is 0.486 e. The van der Waals surface area contributed by atoms with Crippen LogP contribution in [0.1, 0.15) is 34.8 Å². The van der Waals surface area contributed by atoms with Gasteiger partial charge in [0.1, 0.15) is 34.3 Å². The molecule has 4 atom stereocenters. The topological polar surface area (TPSA) is 132 Å². The summed E-state index contributed by atoms with van der Waals surface area (Å²) in [5, 5.41) is 10.4. The first-order valence-corrected chi connectivity index (χ1v) is 13.6. The van der Waals surface area contributed by atoms with E-state index >= 15 is 0 Å². The molecule has 3 amide bonds. The van der Waals surface area contributed by atoms with Crippen LogP contribution < -0.4 is 15.8 Å². The molecular weight excluding hydrogens is 539 g/mol. The van der Waals surface area contributed by atoms with Crippen LogP contribution in [0, 0.1) is 11.8 Å². The van der Waals surface area contributed by atoms with Crippen molar-refractivity contribution in [1.82, 2.24) is 25.0 Å². The van der Waals surface area contributed by atoms with Gasteiger partial charge in [0.25, 0.3) is 5.91 Å². The minimum atomic E-state index is -0.772. The Kier molecular flexibility index (Phi) is 6.04. The molecule has 1 aliphatic heterocycles. The maximum atomic E-state index is 13.4. The van der Waals surface area contributed by atoms with Gasteiger partial charge in [-0.1, -0.05) is 0 Å². The Balaban J connectivity index is 1.18. The third kappa shape index (κ3) is 4.75. The first-order chi connectivity index (χ1) is 17.7. The molecule has 1 saturated heterocycles. The van der Waals surface area contributed by atoms with Crippen LogP contribution in [0.2, 0.25) is 0 Å². The van der Waals surface area contributed by atoms with Gasteiger partial charge in [-0.2, -0.15) is 5.10 Å². The lowest BCUT2D eigenvalue weighted by atomic mass is 10.1. The van der Waals surface area contributed by atoms with E-state index < -0.39 is 16.3 Å². The molecule has 13 heteroatoms. The van der Waals surface area contributed by atoms with Crippen LogP contribution in [0.5, 0.6) is 5.75 Å². The molecule has 3 fully saturated rings. The van der Waals surface area contributed by atoms with Crippen LogP contribution in [0.15, 0.2) is 29.8 Å². The Morgan fingerprint density at radius 3 is 2.78 bits per heavy atom. The van der Waals surface area contributed by atoms with Gasteiger partial charge in [0.05, 0.1) is 5.52 Å². The number of carbonyl (C=O) groups excluding carboxylic acids is 3. The number of amides is 3. The zero-order valence-corrected chi connectivity index (χ0v) is 21.9. The molecule has 37 heavy (non-hydrogen) atoms. The summed E-state index contributed by atoms with van der Waals surface area (Å²) in [6.07, 6.45) is 3.86. The quantitative estimate of drug-likeness (QED) is 0.385. The highest BCUT2D eigenvalue weighted by Gasteiger charge is 2.56. The second kappa shape index (κ2) is 9.14. The summed E-state index contributed by atoms with van der Waals surface area (Å²) in [6, 6.07) is 4.68. The number of nitrogens with zero attached hydrogens (tertiary/aromatic N) is 4. The minimum absolute atomic E-state index is 0.0259. The van der Waals surface area contributed by atoms with Crippen molar-refractivity contribution < 1.29 is 19.1 Å². The number of nitrogens with one attached hydrogen (secondary N) is 1. The standard InChI is InChI=1S/C24H24Cl2N6O4S/c25-24(26)8-13(24)9-29-23(35)18-6-12-5-17(12)32(18)20(33)10-31-16-2-1-14(36-11-19-28-3-4-37-19)7-15(16)21(30-31)22(27)34/h1-4,7,12-13,17-18H,5-6,8-11H2,(H2,27,34)(H,29,35)/t12-,13-,17-,18+/m1/s1. The number of aromatic nitrogens is 3. The van der Waals surface area contributed by atoms with Crippen molar-refractivity contribution in [2.75, 3.05) is 6.54 Å². The molecule has 0 spiro atoms. The molecule has 2 saturated carbocycles. The maximum Gasteiger partial charge on any atom is 0.269 e. The number of carbonyl (C=O) groups is 3. The number of ether oxygens (including phenoxy) is 1. The first-order valence-electron chi connectivity index (χ1n) is 12.0. The summed E-state index contributed by atoms with van der Waals surface area (Å²) < 4.78 is 6.50. The average molecular weight is 563 g/mol. The number of hydrogen-bond donors (Lipinski definition) is 2. The lowest BCUT2D eigenvalue weighted by Crippen LogP contribution is -2.49. The highest BCUT2D eigenvalue weighted by molar-refractivity contribution is 7.09. The molecule has 10 nitrogen and oxygen atoms in total. The molecule has 0 bridgehead atoms. The van der Waals surface area contributed by atoms with Crippen LogP contribution in [-0.2, 0) is 22.7 Å². The van der Waals surface area contributed by atoms with Crippen molar-refractivity contribution >= 4 is 63.2 Å². The van der Waals surface area contributed by atoms with E-state index in [0.717, 1.165) is 11.4 Å². The van der Waals surface area contributed by atoms with E-state index in [2.05, 4.69) is 15.4 Å². The maximum absolute atomic E-state index is 13.4. The number of benzene rings is 1. The van der Waals surface area contributed by atoms with Gasteiger partial charge in [-0.25, -0.2) is 4.98 Å². The van der Waals surface area contributed by atoms with Gasteiger partial charge in [-0.3, -0.25) is 19.1 Å². The fourth-order valence-corrected chi connectivity index (χ4v) is 6.17. The third-order valence-corrected chi connectivity index (χ3v) is 8.94. The monoisotopic (exact) mass is 562 g/mol. The minimum Gasteiger partial charge on any atom is -0.486 e. The molecule has 194 valence electrons. The van der Waals surface area contributed by atoms with E-state index in [1.54, 1.807) is 29.3 Å². The van der Waals surface area contributed by atoms with E-state index in [1.807, 2.05) is 5.38 Å². The molecule has 1 aromatic carbocycles. The molecule has 3 heterocycles. The molecule has 2 aromatic heterocycles. The van der Waals surface area contributed by atoms with Crippen molar-refractivity contribution in [2.45, 2.75) is 48.8 Å². The number of thiazole rings is 1. The number of halogens is 2. The second-order valence-corrected chi connectivity index (χ2v) is 12.3. The summed E-state index contributed by atoms with van der Waals surface area (Å²) in [6.45, 7) is 0.559. The number of alkyl halides is 2. The summed E-state index contributed by atoms with van der Waals surface area (Å²) in [4.78, 5) is 44.4. The smallest absolute Gasteiger partial charge is 0.269 e. The number of hydrogen-bond acceptors (Lipinski definition) is 7. The lowest BCUT2D eigenvalue weighted by molar-refractivity contribution is -0.140. The number of nitrogens with two attached hydrogens (primary N) is 1. The van der Waals surface area contributed by atoms with Gasteiger partial charge < -0.3 is 20.7 Å². The predicted octanol–water partition coefficient (Wildman–Crippen LogP) is 2.47. The van der Waals surface area contributed by atoms with E-state index in [4.69, 9.17) is 33.7 Å². The van der Waals surface area contributed by atoms with E-state index in [1.165, 1.54) is 16.0 Å². The van der Waals surface area contributed by atoms with E-state index in [9.17, 15) is 14.4 Å². The highest BCUT2D eigenvalue weighted by atomic mass is 35.5. The molecule has 0 unspecified atom stereocenters. The van der Waals surface area contributed by atoms with Crippen molar-refractivity contribution in [3.8, 4) is 5.75 Å². The molecule has 3 aliphatic rings. The Hall–Kier alpha value is -2.89. The molecule has 3 N–H and O–H groups in total. The van der Waals surface area contributed by atoms with Crippen LogP contribution in [-0.4, -0.2) is 60.3 Å². The molecule has 3 aromatic rings. The Morgan fingerprint density at radius 1 is 1.27 bits per heavy atom. The summed E-state index contributed by atoms with van der Waals surface area (Å²) in [7, 11) is 0. The average Bonchev–Trinajstić information content (AvgIpc) is 3.47. The molecule has 0 radical (unpaired) electrons. The predicted molar refractivity (Wildman–Crippen MR) is 137 cm³/mol.